The molecule has 1 atom stereocenters. The summed E-state index contributed by atoms with van der Waals surface area (Å²) in [5.41, 5.74) is 1.39. The van der Waals surface area contributed by atoms with Gasteiger partial charge >= 0.3 is 0 Å². The van der Waals surface area contributed by atoms with E-state index in [9.17, 15) is 0 Å². The second-order valence-corrected chi connectivity index (χ2v) is 5.50. The smallest absolute Gasteiger partial charge is 0.177 e. The van der Waals surface area contributed by atoms with Crippen molar-refractivity contribution in [3.8, 4) is 0 Å². The molecule has 0 bridgehead atoms. The Bertz CT molecular complexity index is 359. The van der Waals surface area contributed by atoms with Gasteiger partial charge in [0.05, 0.1) is 0 Å². The van der Waals surface area contributed by atoms with Crippen LogP contribution in [0, 0.1) is 0 Å². The van der Waals surface area contributed by atoms with E-state index in [1.54, 1.807) is 0 Å². The first-order valence-corrected chi connectivity index (χ1v) is 6.87. The van der Waals surface area contributed by atoms with Gasteiger partial charge in [-0.15, -0.1) is 0 Å². The van der Waals surface area contributed by atoms with Crippen molar-refractivity contribution in [3.05, 3.63) is 16.6 Å². The van der Waals surface area contributed by atoms with Gasteiger partial charge in [0.25, 0.3) is 0 Å². The number of likely N-dealkylation sites (tertiary alicyclic amines) is 1. The summed E-state index contributed by atoms with van der Waals surface area (Å²) < 4.78 is 3.27. The summed E-state index contributed by atoms with van der Waals surface area (Å²) in [5.74, 6) is 0.654. The number of likely N-dealkylation sites (N-methyl/N-ethyl adjacent to an activating group) is 1. The average Bonchev–Trinajstić information content (AvgIpc) is 2.82. The van der Waals surface area contributed by atoms with Crippen molar-refractivity contribution in [3.63, 3.8) is 0 Å². The minimum Gasteiger partial charge on any atom is -0.320 e. The van der Waals surface area contributed by atoms with Crippen LogP contribution in [0.1, 0.15) is 44.8 Å². The molecule has 1 fully saturated rings. The number of nitrogens with zero attached hydrogens (tertiary/aromatic N) is 3. The molecule has 0 N–H and O–H groups in total. The SMILES string of the molecule is CCN1CCC(c2cnc(Br)n2C(C)C)C1. The Morgan fingerprint density at radius 2 is 2.31 bits per heavy atom. The van der Waals surface area contributed by atoms with Gasteiger partial charge < -0.3 is 9.47 Å². The predicted molar refractivity (Wildman–Crippen MR) is 69.8 cm³/mol. The molecule has 3 nitrogen and oxygen atoms in total. The molecule has 0 aromatic carbocycles. The van der Waals surface area contributed by atoms with E-state index >= 15 is 0 Å². The van der Waals surface area contributed by atoms with Gasteiger partial charge in [0.2, 0.25) is 0 Å². The molecule has 1 aliphatic heterocycles. The monoisotopic (exact) mass is 285 g/mol. The first-order chi connectivity index (χ1) is 7.63. The van der Waals surface area contributed by atoms with Crippen LogP contribution >= 0.6 is 15.9 Å². The minimum atomic E-state index is 0.475. The van der Waals surface area contributed by atoms with Crippen molar-refractivity contribution in [2.75, 3.05) is 19.6 Å². The zero-order valence-electron chi connectivity index (χ0n) is 10.3. The van der Waals surface area contributed by atoms with E-state index in [0.29, 0.717) is 12.0 Å². The van der Waals surface area contributed by atoms with E-state index in [-0.39, 0.29) is 0 Å². The average molecular weight is 286 g/mol. The van der Waals surface area contributed by atoms with Gasteiger partial charge in [-0.2, -0.15) is 0 Å². The first-order valence-electron chi connectivity index (χ1n) is 6.08. The maximum atomic E-state index is 4.39. The highest BCUT2D eigenvalue weighted by Crippen LogP contribution is 2.30. The van der Waals surface area contributed by atoms with Crippen molar-refractivity contribution in [1.29, 1.82) is 0 Å². The van der Waals surface area contributed by atoms with Gasteiger partial charge in [-0.25, -0.2) is 4.98 Å². The number of rotatable bonds is 3. The van der Waals surface area contributed by atoms with Crippen LogP contribution in [0.2, 0.25) is 0 Å². The summed E-state index contributed by atoms with van der Waals surface area (Å²) in [6.45, 7) is 10.2. The van der Waals surface area contributed by atoms with Crippen LogP contribution in [0.4, 0.5) is 0 Å². The molecule has 2 rings (SSSR count). The van der Waals surface area contributed by atoms with Crippen molar-refractivity contribution in [2.45, 2.75) is 39.2 Å². The van der Waals surface area contributed by atoms with Gasteiger partial charge in [-0.05, 0) is 49.3 Å². The van der Waals surface area contributed by atoms with E-state index < -0.39 is 0 Å². The Labute approximate surface area is 106 Å². The number of hydrogen-bond acceptors (Lipinski definition) is 2. The molecule has 0 radical (unpaired) electrons. The summed E-state index contributed by atoms with van der Waals surface area (Å²) in [5, 5.41) is 0. The molecule has 0 saturated carbocycles. The quantitative estimate of drug-likeness (QED) is 0.851. The predicted octanol–water partition coefficient (Wildman–Crippen LogP) is 3.04. The van der Waals surface area contributed by atoms with E-state index in [4.69, 9.17) is 0 Å². The maximum absolute atomic E-state index is 4.39. The highest BCUT2D eigenvalue weighted by Gasteiger charge is 2.26. The highest BCUT2D eigenvalue weighted by atomic mass is 79.9. The van der Waals surface area contributed by atoms with Gasteiger partial charge in [-0.1, -0.05) is 6.92 Å². The molecule has 1 aromatic rings. The third-order valence-electron chi connectivity index (χ3n) is 3.43. The van der Waals surface area contributed by atoms with E-state index in [1.165, 1.54) is 25.2 Å². The fourth-order valence-electron chi connectivity index (χ4n) is 2.52. The first kappa shape index (κ1) is 12.1. The van der Waals surface area contributed by atoms with E-state index in [1.807, 2.05) is 6.20 Å². The third-order valence-corrected chi connectivity index (χ3v) is 4.02. The van der Waals surface area contributed by atoms with Crippen molar-refractivity contribution in [2.24, 2.45) is 0 Å². The molecule has 4 heteroatoms. The lowest BCUT2D eigenvalue weighted by Crippen LogP contribution is -2.20. The normalized spacial score (nSPS) is 22.2. The molecule has 0 spiro atoms. The lowest BCUT2D eigenvalue weighted by molar-refractivity contribution is 0.351. The van der Waals surface area contributed by atoms with Crippen LogP contribution in [0.3, 0.4) is 0 Å². The molecule has 0 aliphatic carbocycles. The molecular formula is C12H20BrN3. The zero-order chi connectivity index (χ0) is 11.7. The number of hydrogen-bond donors (Lipinski definition) is 0. The second-order valence-electron chi connectivity index (χ2n) is 4.79. The Balaban J connectivity index is 2.21. The summed E-state index contributed by atoms with van der Waals surface area (Å²) in [7, 11) is 0. The zero-order valence-corrected chi connectivity index (χ0v) is 11.9. The van der Waals surface area contributed by atoms with Crippen LogP contribution in [0.5, 0.6) is 0 Å². The van der Waals surface area contributed by atoms with Crippen molar-refractivity contribution < 1.29 is 0 Å². The molecule has 2 heterocycles. The third kappa shape index (κ3) is 2.18. The van der Waals surface area contributed by atoms with Crippen LogP contribution in [0.25, 0.3) is 0 Å². The molecular weight excluding hydrogens is 266 g/mol. The summed E-state index contributed by atoms with van der Waals surface area (Å²) >= 11 is 3.54. The minimum absolute atomic E-state index is 0.475. The highest BCUT2D eigenvalue weighted by molar-refractivity contribution is 9.10. The number of imidazole rings is 1. The molecule has 1 unspecified atom stereocenters. The summed E-state index contributed by atoms with van der Waals surface area (Å²) in [4.78, 5) is 6.90. The number of aromatic nitrogens is 2. The summed E-state index contributed by atoms with van der Waals surface area (Å²) in [6.07, 6.45) is 3.30. The standard InChI is InChI=1S/C12H20BrN3/c1-4-15-6-5-10(8-15)11-7-14-12(13)16(11)9(2)3/h7,9-10H,4-6,8H2,1-3H3. The Hall–Kier alpha value is -0.350. The van der Waals surface area contributed by atoms with Crippen molar-refractivity contribution >= 4 is 15.9 Å². The molecule has 1 aromatic heterocycles. The van der Waals surface area contributed by atoms with Crippen molar-refractivity contribution in [1.82, 2.24) is 14.5 Å². The van der Waals surface area contributed by atoms with Crippen LogP contribution in [-0.4, -0.2) is 34.1 Å². The van der Waals surface area contributed by atoms with E-state index in [2.05, 4.69) is 51.2 Å². The lowest BCUT2D eigenvalue weighted by Gasteiger charge is -2.18. The largest absolute Gasteiger partial charge is 0.320 e. The van der Waals surface area contributed by atoms with Gasteiger partial charge in [-0.3, -0.25) is 0 Å². The molecule has 0 amide bonds. The maximum Gasteiger partial charge on any atom is 0.177 e. The molecule has 1 saturated heterocycles. The molecule has 1 aliphatic rings. The second kappa shape index (κ2) is 4.88. The fraction of sp³-hybridized carbons (Fsp3) is 0.750. The Morgan fingerprint density at radius 3 is 2.88 bits per heavy atom. The lowest BCUT2D eigenvalue weighted by atomic mass is 10.1. The van der Waals surface area contributed by atoms with Gasteiger partial charge in [0, 0.05) is 30.4 Å². The van der Waals surface area contributed by atoms with Gasteiger partial charge in [0.15, 0.2) is 4.73 Å². The van der Waals surface area contributed by atoms with Crippen LogP contribution in [0.15, 0.2) is 10.9 Å². The van der Waals surface area contributed by atoms with Crippen LogP contribution < -0.4 is 0 Å². The Morgan fingerprint density at radius 1 is 1.56 bits per heavy atom. The fourth-order valence-corrected chi connectivity index (χ4v) is 3.24. The molecule has 90 valence electrons. The van der Waals surface area contributed by atoms with Gasteiger partial charge in [0.1, 0.15) is 0 Å². The Kier molecular flexibility index (Phi) is 3.70. The van der Waals surface area contributed by atoms with Crippen LogP contribution in [-0.2, 0) is 0 Å². The topological polar surface area (TPSA) is 21.1 Å². The van der Waals surface area contributed by atoms with E-state index in [0.717, 1.165) is 11.3 Å². The summed E-state index contributed by atoms with van der Waals surface area (Å²) in [6, 6.07) is 0.475. The number of halogens is 1. The molecule has 16 heavy (non-hydrogen) atoms.